The number of benzene rings is 1. The van der Waals surface area contributed by atoms with Crippen LogP contribution in [0.25, 0.3) is 0 Å². The fourth-order valence-electron chi connectivity index (χ4n) is 1.30. The normalized spacial score (nSPS) is 15.0. The summed E-state index contributed by atoms with van der Waals surface area (Å²) in [4.78, 5) is 0. The van der Waals surface area contributed by atoms with E-state index in [-0.39, 0.29) is 18.0 Å². The molecule has 0 spiro atoms. The summed E-state index contributed by atoms with van der Waals surface area (Å²) in [6.45, 7) is 1.90. The quantitative estimate of drug-likeness (QED) is 0.917. The van der Waals surface area contributed by atoms with E-state index in [2.05, 4.69) is 15.9 Å². The van der Waals surface area contributed by atoms with Gasteiger partial charge in [0.1, 0.15) is 5.82 Å². The van der Waals surface area contributed by atoms with Crippen LogP contribution in [0, 0.1) is 5.82 Å². The van der Waals surface area contributed by atoms with Gasteiger partial charge in [0.05, 0.1) is 10.6 Å². The van der Waals surface area contributed by atoms with E-state index in [1.807, 2.05) is 13.0 Å². The summed E-state index contributed by atoms with van der Waals surface area (Å²) in [7, 11) is 1.62. The molecule has 0 saturated carbocycles. The second-order valence-corrected chi connectivity index (χ2v) is 4.31. The van der Waals surface area contributed by atoms with Gasteiger partial charge in [0, 0.05) is 13.2 Å². The van der Waals surface area contributed by atoms with Crippen LogP contribution in [0.1, 0.15) is 12.5 Å². The van der Waals surface area contributed by atoms with Gasteiger partial charge in [0.25, 0.3) is 0 Å². The molecular formula is C11H15BrFNO. The standard InChI is InChI=1S/C11H15BrFNO/c1-7(15-2)10(14)6-8-4-3-5-9(13)11(8)12/h3-5,7,10H,6,14H2,1-2H3. The fraction of sp³-hybridized carbons (Fsp3) is 0.455. The molecule has 0 aliphatic carbocycles. The van der Waals surface area contributed by atoms with Gasteiger partial charge in [0.2, 0.25) is 0 Å². The first-order valence-electron chi connectivity index (χ1n) is 4.77. The number of methoxy groups -OCH3 is 1. The minimum atomic E-state index is -0.259. The minimum Gasteiger partial charge on any atom is -0.380 e. The molecular weight excluding hydrogens is 261 g/mol. The summed E-state index contributed by atoms with van der Waals surface area (Å²) in [5, 5.41) is 0. The van der Waals surface area contributed by atoms with Crippen LogP contribution in [-0.4, -0.2) is 19.3 Å². The maximum atomic E-state index is 13.2. The van der Waals surface area contributed by atoms with Gasteiger partial charge >= 0.3 is 0 Å². The third-order valence-corrected chi connectivity index (χ3v) is 3.35. The number of hydrogen-bond donors (Lipinski definition) is 1. The molecule has 0 saturated heterocycles. The monoisotopic (exact) mass is 275 g/mol. The first-order valence-corrected chi connectivity index (χ1v) is 5.56. The number of nitrogens with two attached hydrogens (primary N) is 1. The Kier molecular flexibility index (Phi) is 4.70. The Morgan fingerprint density at radius 3 is 2.80 bits per heavy atom. The van der Waals surface area contributed by atoms with E-state index in [4.69, 9.17) is 10.5 Å². The molecule has 0 aromatic heterocycles. The molecule has 0 amide bonds. The average Bonchev–Trinajstić information content (AvgIpc) is 2.23. The van der Waals surface area contributed by atoms with E-state index >= 15 is 0 Å². The lowest BCUT2D eigenvalue weighted by atomic mass is 10.0. The Hall–Kier alpha value is -0.450. The number of rotatable bonds is 4. The lowest BCUT2D eigenvalue weighted by Crippen LogP contribution is -2.35. The van der Waals surface area contributed by atoms with E-state index in [9.17, 15) is 4.39 Å². The van der Waals surface area contributed by atoms with Gasteiger partial charge in [-0.3, -0.25) is 0 Å². The van der Waals surface area contributed by atoms with Crippen molar-refractivity contribution in [2.45, 2.75) is 25.5 Å². The third-order valence-electron chi connectivity index (χ3n) is 2.46. The molecule has 0 fully saturated rings. The van der Waals surface area contributed by atoms with Gasteiger partial charge in [-0.2, -0.15) is 0 Å². The molecule has 1 rings (SSSR count). The van der Waals surface area contributed by atoms with Gasteiger partial charge < -0.3 is 10.5 Å². The van der Waals surface area contributed by atoms with Crippen LogP contribution in [0.5, 0.6) is 0 Å². The third kappa shape index (κ3) is 3.26. The highest BCUT2D eigenvalue weighted by atomic mass is 79.9. The first kappa shape index (κ1) is 12.6. The van der Waals surface area contributed by atoms with Crippen LogP contribution >= 0.6 is 15.9 Å². The molecule has 15 heavy (non-hydrogen) atoms. The van der Waals surface area contributed by atoms with Crippen molar-refractivity contribution < 1.29 is 9.13 Å². The van der Waals surface area contributed by atoms with Crippen molar-refractivity contribution in [3.8, 4) is 0 Å². The zero-order chi connectivity index (χ0) is 11.4. The number of halogens is 2. The highest BCUT2D eigenvalue weighted by molar-refractivity contribution is 9.10. The summed E-state index contributed by atoms with van der Waals surface area (Å²) in [6.07, 6.45) is 0.549. The minimum absolute atomic E-state index is 0.0415. The predicted molar refractivity (Wildman–Crippen MR) is 62.3 cm³/mol. The SMILES string of the molecule is COC(C)C(N)Cc1cccc(F)c1Br. The molecule has 1 aromatic rings. The molecule has 1 aromatic carbocycles. The molecule has 0 bridgehead atoms. The number of hydrogen-bond acceptors (Lipinski definition) is 2. The molecule has 0 aliphatic heterocycles. The molecule has 2 atom stereocenters. The van der Waals surface area contributed by atoms with Gasteiger partial charge in [-0.15, -0.1) is 0 Å². The molecule has 2 N–H and O–H groups in total. The molecule has 0 heterocycles. The molecule has 2 nitrogen and oxygen atoms in total. The molecule has 0 radical (unpaired) electrons. The van der Waals surface area contributed by atoms with E-state index in [0.29, 0.717) is 10.9 Å². The molecule has 4 heteroatoms. The van der Waals surface area contributed by atoms with Crippen molar-refractivity contribution in [3.63, 3.8) is 0 Å². The average molecular weight is 276 g/mol. The van der Waals surface area contributed by atoms with Crippen molar-refractivity contribution in [1.82, 2.24) is 0 Å². The van der Waals surface area contributed by atoms with Gasteiger partial charge in [0.15, 0.2) is 0 Å². The lowest BCUT2D eigenvalue weighted by Gasteiger charge is -2.19. The van der Waals surface area contributed by atoms with Crippen molar-refractivity contribution >= 4 is 15.9 Å². The number of ether oxygens (including phenoxy) is 1. The zero-order valence-electron chi connectivity index (χ0n) is 8.84. The van der Waals surface area contributed by atoms with E-state index < -0.39 is 0 Å². The highest BCUT2D eigenvalue weighted by Crippen LogP contribution is 2.21. The second kappa shape index (κ2) is 5.58. The molecule has 84 valence electrons. The van der Waals surface area contributed by atoms with Crippen LogP contribution in [0.3, 0.4) is 0 Å². The largest absolute Gasteiger partial charge is 0.380 e. The van der Waals surface area contributed by atoms with Crippen molar-refractivity contribution in [2.75, 3.05) is 7.11 Å². The van der Waals surface area contributed by atoms with E-state index in [1.54, 1.807) is 13.2 Å². The summed E-state index contributed by atoms with van der Waals surface area (Å²) in [6, 6.07) is 4.82. The van der Waals surface area contributed by atoms with Crippen LogP contribution in [-0.2, 0) is 11.2 Å². The predicted octanol–water partition coefficient (Wildman–Crippen LogP) is 2.49. The van der Waals surface area contributed by atoms with E-state index in [0.717, 1.165) is 5.56 Å². The summed E-state index contributed by atoms with van der Waals surface area (Å²) in [5.41, 5.74) is 6.78. The van der Waals surface area contributed by atoms with Crippen molar-refractivity contribution in [1.29, 1.82) is 0 Å². The fourth-order valence-corrected chi connectivity index (χ4v) is 1.73. The zero-order valence-corrected chi connectivity index (χ0v) is 10.4. The summed E-state index contributed by atoms with van der Waals surface area (Å²) >= 11 is 3.21. The van der Waals surface area contributed by atoms with Gasteiger partial charge in [-0.25, -0.2) is 4.39 Å². The summed E-state index contributed by atoms with van der Waals surface area (Å²) < 4.78 is 18.8. The Morgan fingerprint density at radius 2 is 2.20 bits per heavy atom. The summed E-state index contributed by atoms with van der Waals surface area (Å²) in [5.74, 6) is -0.259. The second-order valence-electron chi connectivity index (χ2n) is 3.52. The highest BCUT2D eigenvalue weighted by Gasteiger charge is 2.15. The maximum absolute atomic E-state index is 13.2. The van der Waals surface area contributed by atoms with Gasteiger partial charge in [-0.05, 0) is 40.9 Å². The smallest absolute Gasteiger partial charge is 0.137 e. The first-order chi connectivity index (χ1) is 7.06. The Bertz CT molecular complexity index is 332. The van der Waals surface area contributed by atoms with Crippen LogP contribution in [0.2, 0.25) is 0 Å². The lowest BCUT2D eigenvalue weighted by molar-refractivity contribution is 0.0955. The molecule has 0 aliphatic rings. The van der Waals surface area contributed by atoms with Crippen molar-refractivity contribution in [2.24, 2.45) is 5.73 Å². The maximum Gasteiger partial charge on any atom is 0.137 e. The van der Waals surface area contributed by atoms with Crippen LogP contribution in [0.4, 0.5) is 4.39 Å². The Labute approximate surface area is 97.7 Å². The van der Waals surface area contributed by atoms with Crippen LogP contribution < -0.4 is 5.73 Å². The van der Waals surface area contributed by atoms with Crippen LogP contribution in [0.15, 0.2) is 22.7 Å². The Balaban J connectivity index is 2.76. The van der Waals surface area contributed by atoms with Gasteiger partial charge in [-0.1, -0.05) is 12.1 Å². The molecule has 2 unspecified atom stereocenters. The van der Waals surface area contributed by atoms with E-state index in [1.165, 1.54) is 6.07 Å². The van der Waals surface area contributed by atoms with Crippen molar-refractivity contribution in [3.05, 3.63) is 34.1 Å². The Morgan fingerprint density at radius 1 is 1.53 bits per heavy atom. The topological polar surface area (TPSA) is 35.2 Å².